The Morgan fingerprint density at radius 1 is 0.442 bits per heavy atom. The Hall–Kier alpha value is -2.48. The summed E-state index contributed by atoms with van der Waals surface area (Å²) >= 11 is 0. The third-order valence-electron chi connectivity index (χ3n) is 9.24. The summed E-state index contributed by atoms with van der Waals surface area (Å²) in [7, 11) is 0. The number of benzene rings is 2. The van der Waals surface area contributed by atoms with E-state index in [1.54, 1.807) is 4.70 Å². The molecule has 0 atom stereocenters. The first-order valence-corrected chi connectivity index (χ1v) is 18.3. The molecule has 3 rings (SSSR count). The van der Waals surface area contributed by atoms with Gasteiger partial charge in [-0.3, -0.25) is 0 Å². The fourth-order valence-corrected chi connectivity index (χ4v) is 6.61. The highest BCUT2D eigenvalue weighted by atomic mass is 15.2. The highest BCUT2D eigenvalue weighted by molar-refractivity contribution is 5.82. The summed E-state index contributed by atoms with van der Waals surface area (Å²) < 4.78 is 1.58. The zero-order chi connectivity index (χ0) is 30.7. The van der Waals surface area contributed by atoms with Gasteiger partial charge in [-0.15, -0.1) is 0 Å². The maximum absolute atomic E-state index is 12.0. The van der Waals surface area contributed by atoms with Crippen molar-refractivity contribution in [1.82, 2.24) is 0 Å². The highest BCUT2D eigenvalue weighted by Crippen LogP contribution is 2.44. The van der Waals surface area contributed by atoms with E-state index < -0.39 is 0 Å². The van der Waals surface area contributed by atoms with Crippen LogP contribution >= 0.6 is 0 Å². The van der Waals surface area contributed by atoms with E-state index in [4.69, 9.17) is 0 Å². The van der Waals surface area contributed by atoms with Crippen molar-refractivity contribution in [2.24, 2.45) is 0 Å². The molecule has 0 amide bonds. The minimum Gasteiger partial charge on any atom is -0.493 e. The molecule has 0 radical (unpaired) electrons. The number of allylic oxidation sites excluding steroid dienone is 2. The second-order valence-electron chi connectivity index (χ2n) is 13.0. The molecule has 43 heavy (non-hydrogen) atoms. The summed E-state index contributed by atoms with van der Waals surface area (Å²) in [5, 5.41) is 0. The van der Waals surface area contributed by atoms with Crippen molar-refractivity contribution in [2.75, 3.05) is 0 Å². The van der Waals surface area contributed by atoms with Crippen molar-refractivity contribution in [2.45, 2.75) is 163 Å². The minimum absolute atomic E-state index is 1.02. The molecule has 1 aliphatic rings. The number of rotatable bonds is 23. The Bertz CT molecular complexity index is 1150. The van der Waals surface area contributed by atoms with Crippen LogP contribution in [-0.2, 0) is 12.8 Å². The fraction of sp³-hybridized carbons (Fsp3) is 0.610. The minimum atomic E-state index is 1.02. The molecule has 0 saturated heterocycles. The van der Waals surface area contributed by atoms with Gasteiger partial charge in [-0.1, -0.05) is 135 Å². The lowest BCUT2D eigenvalue weighted by molar-refractivity contribution is -0.345. The van der Waals surface area contributed by atoms with Crippen LogP contribution in [0.15, 0.2) is 59.7 Å². The molecular formula is C41H62N2. The molecule has 2 heteroatoms. The quantitative estimate of drug-likeness (QED) is 0.0920. The third kappa shape index (κ3) is 11.2. The monoisotopic (exact) mass is 582 g/mol. The smallest absolute Gasteiger partial charge is 0.211 e. The maximum Gasteiger partial charge on any atom is 0.211 e. The summed E-state index contributed by atoms with van der Waals surface area (Å²) in [5.74, 6) is 0. The molecule has 236 valence electrons. The SMILES string of the molecule is CCCCCCCCC1=C(c2cccc(CCCCCCCC)c2)[N+](=[N-])C(c2ccc(CCCCC)cc2)=C1CCCC. The average Bonchev–Trinajstić information content (AvgIpc) is 3.30. The molecular weight excluding hydrogens is 520 g/mol. The normalized spacial score (nSPS) is 13.5. The van der Waals surface area contributed by atoms with E-state index in [0.29, 0.717) is 0 Å². The van der Waals surface area contributed by atoms with Gasteiger partial charge in [0.15, 0.2) is 0 Å². The Kier molecular flexibility index (Phi) is 16.7. The van der Waals surface area contributed by atoms with Crippen LogP contribution in [0.25, 0.3) is 16.9 Å². The summed E-state index contributed by atoms with van der Waals surface area (Å²) in [6.07, 6.45) is 26.0. The molecule has 2 aromatic rings. The zero-order valence-electron chi connectivity index (χ0n) is 28.4. The van der Waals surface area contributed by atoms with E-state index in [2.05, 4.69) is 76.2 Å². The van der Waals surface area contributed by atoms with Gasteiger partial charge in [0.1, 0.15) is 0 Å². The third-order valence-corrected chi connectivity index (χ3v) is 9.24. The topological polar surface area (TPSA) is 25.3 Å². The number of unbranched alkanes of at least 4 members (excludes halogenated alkanes) is 13. The number of hydrogen-bond donors (Lipinski definition) is 0. The van der Waals surface area contributed by atoms with Gasteiger partial charge in [0, 0.05) is 22.3 Å². The number of hydrogen-bond acceptors (Lipinski definition) is 0. The first kappa shape index (κ1) is 35.0. The van der Waals surface area contributed by atoms with Crippen LogP contribution in [0.1, 0.15) is 172 Å². The van der Waals surface area contributed by atoms with E-state index in [1.807, 2.05) is 0 Å². The lowest BCUT2D eigenvalue weighted by Gasteiger charge is -2.11. The lowest BCUT2D eigenvalue weighted by atomic mass is 9.91. The first-order chi connectivity index (χ1) is 21.1. The van der Waals surface area contributed by atoms with E-state index >= 15 is 0 Å². The molecule has 2 aromatic carbocycles. The van der Waals surface area contributed by atoms with Crippen LogP contribution in [0.3, 0.4) is 0 Å². The molecule has 2 nitrogen and oxygen atoms in total. The molecule has 0 spiro atoms. The Labute approximate surface area is 265 Å². The Morgan fingerprint density at radius 2 is 0.907 bits per heavy atom. The summed E-state index contributed by atoms with van der Waals surface area (Å²) in [5.41, 5.74) is 21.9. The summed E-state index contributed by atoms with van der Waals surface area (Å²) in [4.78, 5) is 0. The molecule has 1 heterocycles. The fourth-order valence-electron chi connectivity index (χ4n) is 6.61. The van der Waals surface area contributed by atoms with Crippen molar-refractivity contribution in [3.8, 4) is 0 Å². The van der Waals surface area contributed by atoms with Gasteiger partial charge in [-0.25, -0.2) is 4.70 Å². The Balaban J connectivity index is 1.90. The average molecular weight is 583 g/mol. The van der Waals surface area contributed by atoms with Crippen LogP contribution in [0.5, 0.6) is 0 Å². The molecule has 0 fully saturated rings. The zero-order valence-corrected chi connectivity index (χ0v) is 28.4. The summed E-state index contributed by atoms with van der Waals surface area (Å²) in [6.45, 7) is 9.11. The van der Waals surface area contributed by atoms with Crippen molar-refractivity contribution < 1.29 is 4.70 Å². The van der Waals surface area contributed by atoms with Gasteiger partial charge in [0.25, 0.3) is 0 Å². The molecule has 0 aromatic heterocycles. The molecule has 0 saturated carbocycles. The molecule has 0 N–H and O–H groups in total. The van der Waals surface area contributed by atoms with Gasteiger partial charge >= 0.3 is 0 Å². The van der Waals surface area contributed by atoms with Crippen LogP contribution in [-0.4, -0.2) is 4.70 Å². The van der Waals surface area contributed by atoms with Crippen molar-refractivity contribution in [3.63, 3.8) is 0 Å². The van der Waals surface area contributed by atoms with Crippen LogP contribution in [0.4, 0.5) is 0 Å². The predicted molar refractivity (Wildman–Crippen MR) is 188 cm³/mol. The largest absolute Gasteiger partial charge is 0.493 e. The number of nitrogens with zero attached hydrogens (tertiary/aromatic N) is 2. The predicted octanol–water partition coefficient (Wildman–Crippen LogP) is 13.4. The van der Waals surface area contributed by atoms with Gasteiger partial charge in [0.2, 0.25) is 11.4 Å². The lowest BCUT2D eigenvalue weighted by Crippen LogP contribution is -2.03. The maximum atomic E-state index is 12.0. The first-order valence-electron chi connectivity index (χ1n) is 18.3. The molecule has 1 aliphatic heterocycles. The Morgan fingerprint density at radius 3 is 1.53 bits per heavy atom. The van der Waals surface area contributed by atoms with Gasteiger partial charge < -0.3 is 5.53 Å². The van der Waals surface area contributed by atoms with E-state index in [9.17, 15) is 5.53 Å². The van der Waals surface area contributed by atoms with E-state index in [0.717, 1.165) is 55.5 Å². The van der Waals surface area contributed by atoms with Gasteiger partial charge in [-0.2, -0.15) is 0 Å². The van der Waals surface area contributed by atoms with Crippen molar-refractivity contribution in [3.05, 3.63) is 87.5 Å². The summed E-state index contributed by atoms with van der Waals surface area (Å²) in [6, 6.07) is 18.2. The van der Waals surface area contributed by atoms with Crippen LogP contribution in [0, 0.1) is 0 Å². The van der Waals surface area contributed by atoms with Gasteiger partial charge in [-0.05, 0) is 86.8 Å². The van der Waals surface area contributed by atoms with E-state index in [-0.39, 0.29) is 0 Å². The van der Waals surface area contributed by atoms with E-state index in [1.165, 1.54) is 124 Å². The molecule has 0 unspecified atom stereocenters. The van der Waals surface area contributed by atoms with Gasteiger partial charge in [0.05, 0.1) is 0 Å². The second-order valence-corrected chi connectivity index (χ2v) is 13.0. The standard InChI is InChI=1S/C41H62N2/c1-5-9-13-15-17-20-24-35-25-22-26-37(33-35)41-39(28-21-18-16-14-10-6-2)38(27-12-8-4)40(43(41)42)36-31-29-34(30-32-36)23-19-11-7-3/h22,25-26,29-33H,5-21,23-24,27-28H2,1-4H3. The molecule has 0 aliphatic carbocycles. The second kappa shape index (κ2) is 20.5. The van der Waals surface area contributed by atoms with Crippen LogP contribution < -0.4 is 0 Å². The number of aryl methyl sites for hydroxylation is 2. The highest BCUT2D eigenvalue weighted by Gasteiger charge is 2.35. The van der Waals surface area contributed by atoms with Crippen molar-refractivity contribution in [1.29, 1.82) is 0 Å². The van der Waals surface area contributed by atoms with Crippen molar-refractivity contribution >= 4 is 11.4 Å². The van der Waals surface area contributed by atoms with Crippen LogP contribution in [0.2, 0.25) is 0 Å². The molecule has 0 bridgehead atoms.